The Balaban J connectivity index is 1.99. The summed E-state index contributed by atoms with van der Waals surface area (Å²) in [6.45, 7) is 5.22. The molecule has 1 aliphatic heterocycles. The molecule has 0 aliphatic carbocycles. The summed E-state index contributed by atoms with van der Waals surface area (Å²) in [5, 5.41) is 8.89. The van der Waals surface area contributed by atoms with Crippen LogP contribution in [0.3, 0.4) is 0 Å². The zero-order valence-electron chi connectivity index (χ0n) is 14.7. The van der Waals surface area contributed by atoms with Gasteiger partial charge < -0.3 is 14.7 Å². The maximum Gasteiger partial charge on any atom is 0.303 e. The van der Waals surface area contributed by atoms with Crippen molar-refractivity contribution in [1.82, 2.24) is 4.90 Å². The molecule has 24 heavy (non-hydrogen) atoms. The molecule has 132 valence electrons. The van der Waals surface area contributed by atoms with E-state index in [-0.39, 0.29) is 18.2 Å². The number of hydrogen-bond donors (Lipinski definition) is 1. The molecule has 5 heteroatoms. The van der Waals surface area contributed by atoms with Gasteiger partial charge >= 0.3 is 5.97 Å². The number of rotatable bonds is 6. The van der Waals surface area contributed by atoms with Gasteiger partial charge in [0.25, 0.3) is 0 Å². The normalized spacial score (nSPS) is 16.0. The van der Waals surface area contributed by atoms with Gasteiger partial charge in [0.05, 0.1) is 7.11 Å². The highest BCUT2D eigenvalue weighted by molar-refractivity contribution is 5.82. The van der Waals surface area contributed by atoms with Crippen LogP contribution in [0, 0.1) is 11.3 Å². The van der Waals surface area contributed by atoms with E-state index in [2.05, 4.69) is 0 Å². The van der Waals surface area contributed by atoms with Gasteiger partial charge in [-0.15, -0.1) is 0 Å². The van der Waals surface area contributed by atoms with Crippen LogP contribution >= 0.6 is 0 Å². The van der Waals surface area contributed by atoms with E-state index < -0.39 is 11.4 Å². The molecule has 1 heterocycles. The predicted molar refractivity (Wildman–Crippen MR) is 92.0 cm³/mol. The standard InChI is InChI=1S/C19H27NO4/c1-19(2,13-15-6-4-5-7-16(15)24-3)18(23)20-10-8-14(9-11-20)12-17(21)22/h4-7,14H,8-13H2,1-3H3,(H,21,22). The summed E-state index contributed by atoms with van der Waals surface area (Å²) in [4.78, 5) is 25.6. The van der Waals surface area contributed by atoms with Crippen molar-refractivity contribution in [1.29, 1.82) is 0 Å². The van der Waals surface area contributed by atoms with E-state index in [0.29, 0.717) is 19.5 Å². The molecule has 0 aromatic heterocycles. The molecule has 1 N–H and O–H groups in total. The fourth-order valence-corrected chi connectivity index (χ4v) is 3.42. The Morgan fingerprint density at radius 2 is 1.88 bits per heavy atom. The molecule has 0 atom stereocenters. The number of piperidine rings is 1. The lowest BCUT2D eigenvalue weighted by Gasteiger charge is -2.37. The van der Waals surface area contributed by atoms with Crippen LogP contribution in [0.1, 0.15) is 38.7 Å². The van der Waals surface area contributed by atoms with Gasteiger partial charge in [-0.05, 0) is 36.8 Å². The first-order chi connectivity index (χ1) is 11.3. The minimum Gasteiger partial charge on any atom is -0.496 e. The Morgan fingerprint density at radius 1 is 1.25 bits per heavy atom. The van der Waals surface area contributed by atoms with Crippen LogP contribution in [-0.4, -0.2) is 42.1 Å². The van der Waals surface area contributed by atoms with Gasteiger partial charge in [-0.25, -0.2) is 0 Å². The number of para-hydroxylation sites is 1. The number of benzene rings is 1. The number of aliphatic carboxylic acids is 1. The Morgan fingerprint density at radius 3 is 2.46 bits per heavy atom. The Hall–Kier alpha value is -2.04. The first-order valence-corrected chi connectivity index (χ1v) is 8.46. The molecule has 0 spiro atoms. The number of carbonyl (C=O) groups is 2. The van der Waals surface area contributed by atoms with Crippen molar-refractivity contribution in [2.45, 2.75) is 39.5 Å². The lowest BCUT2D eigenvalue weighted by molar-refractivity contribution is -0.142. The monoisotopic (exact) mass is 333 g/mol. The molecule has 1 amide bonds. The third-order valence-electron chi connectivity index (χ3n) is 4.77. The maximum absolute atomic E-state index is 12.9. The molecule has 1 fully saturated rings. The van der Waals surface area contributed by atoms with Crippen molar-refractivity contribution >= 4 is 11.9 Å². The van der Waals surface area contributed by atoms with E-state index in [1.165, 1.54) is 0 Å². The molecule has 0 unspecified atom stereocenters. The fourth-order valence-electron chi connectivity index (χ4n) is 3.42. The summed E-state index contributed by atoms with van der Waals surface area (Å²) < 4.78 is 5.39. The van der Waals surface area contributed by atoms with Crippen molar-refractivity contribution in [3.05, 3.63) is 29.8 Å². The van der Waals surface area contributed by atoms with Gasteiger partial charge in [0, 0.05) is 24.9 Å². The number of nitrogens with zero attached hydrogens (tertiary/aromatic N) is 1. The molecular weight excluding hydrogens is 306 g/mol. The number of carboxylic acid groups (broad SMARTS) is 1. The van der Waals surface area contributed by atoms with Crippen LogP contribution in [0.4, 0.5) is 0 Å². The number of methoxy groups -OCH3 is 1. The van der Waals surface area contributed by atoms with E-state index in [9.17, 15) is 9.59 Å². The van der Waals surface area contributed by atoms with E-state index in [0.717, 1.165) is 24.2 Å². The van der Waals surface area contributed by atoms with Crippen molar-refractivity contribution < 1.29 is 19.4 Å². The van der Waals surface area contributed by atoms with Crippen molar-refractivity contribution in [3.63, 3.8) is 0 Å². The van der Waals surface area contributed by atoms with Crippen LogP contribution in [0.25, 0.3) is 0 Å². The number of hydrogen-bond acceptors (Lipinski definition) is 3. The van der Waals surface area contributed by atoms with Crippen molar-refractivity contribution in [2.24, 2.45) is 11.3 Å². The summed E-state index contributed by atoms with van der Waals surface area (Å²) >= 11 is 0. The van der Waals surface area contributed by atoms with E-state index in [1.54, 1.807) is 7.11 Å². The largest absolute Gasteiger partial charge is 0.496 e. The predicted octanol–water partition coefficient (Wildman–Crippen LogP) is 2.98. The smallest absolute Gasteiger partial charge is 0.303 e. The van der Waals surface area contributed by atoms with Crippen LogP contribution in [0.5, 0.6) is 5.75 Å². The molecule has 1 aliphatic rings. The van der Waals surface area contributed by atoms with Crippen molar-refractivity contribution in [3.8, 4) is 5.75 Å². The number of amides is 1. The van der Waals surface area contributed by atoms with E-state index >= 15 is 0 Å². The number of ether oxygens (including phenoxy) is 1. The van der Waals surface area contributed by atoms with Gasteiger partial charge in [0.2, 0.25) is 5.91 Å². The molecule has 5 nitrogen and oxygen atoms in total. The molecule has 2 rings (SSSR count). The van der Waals surface area contributed by atoms with Gasteiger partial charge in [0.1, 0.15) is 5.75 Å². The second-order valence-corrected chi connectivity index (χ2v) is 7.21. The SMILES string of the molecule is COc1ccccc1CC(C)(C)C(=O)N1CCC(CC(=O)O)CC1. The van der Waals surface area contributed by atoms with E-state index in [4.69, 9.17) is 9.84 Å². The van der Waals surface area contributed by atoms with Gasteiger partial charge in [-0.3, -0.25) is 9.59 Å². The lowest BCUT2D eigenvalue weighted by Crippen LogP contribution is -2.46. The molecule has 0 radical (unpaired) electrons. The summed E-state index contributed by atoms with van der Waals surface area (Å²) in [5.41, 5.74) is 0.507. The Kier molecular flexibility index (Phi) is 5.86. The Bertz CT molecular complexity index is 589. The molecule has 1 saturated heterocycles. The second kappa shape index (κ2) is 7.69. The topological polar surface area (TPSA) is 66.8 Å². The lowest BCUT2D eigenvalue weighted by atomic mass is 9.82. The van der Waals surface area contributed by atoms with Crippen LogP contribution in [0.15, 0.2) is 24.3 Å². The molecule has 0 saturated carbocycles. The first-order valence-electron chi connectivity index (χ1n) is 8.46. The highest BCUT2D eigenvalue weighted by Crippen LogP contribution is 2.31. The summed E-state index contributed by atoms with van der Waals surface area (Å²) in [6.07, 6.45) is 2.35. The highest BCUT2D eigenvalue weighted by atomic mass is 16.5. The molecule has 0 bridgehead atoms. The quantitative estimate of drug-likeness (QED) is 0.869. The minimum atomic E-state index is -0.753. The average molecular weight is 333 g/mol. The molecule has 1 aromatic carbocycles. The molecular formula is C19H27NO4. The molecule has 1 aromatic rings. The number of carboxylic acids is 1. The summed E-state index contributed by atoms with van der Waals surface area (Å²) in [5.74, 6) is 0.362. The van der Waals surface area contributed by atoms with E-state index in [1.807, 2.05) is 43.0 Å². The summed E-state index contributed by atoms with van der Waals surface area (Å²) in [7, 11) is 1.64. The first kappa shape index (κ1) is 18.3. The van der Waals surface area contributed by atoms with Crippen LogP contribution in [0.2, 0.25) is 0 Å². The second-order valence-electron chi connectivity index (χ2n) is 7.21. The van der Waals surface area contributed by atoms with Gasteiger partial charge in [-0.2, -0.15) is 0 Å². The van der Waals surface area contributed by atoms with Crippen LogP contribution in [-0.2, 0) is 16.0 Å². The zero-order chi connectivity index (χ0) is 17.7. The van der Waals surface area contributed by atoms with Gasteiger partial charge in [-0.1, -0.05) is 32.0 Å². The zero-order valence-corrected chi connectivity index (χ0v) is 14.7. The summed E-state index contributed by atoms with van der Waals surface area (Å²) in [6, 6.07) is 7.78. The van der Waals surface area contributed by atoms with Crippen LogP contribution < -0.4 is 4.74 Å². The highest BCUT2D eigenvalue weighted by Gasteiger charge is 2.35. The fraction of sp³-hybridized carbons (Fsp3) is 0.579. The average Bonchev–Trinajstić information content (AvgIpc) is 2.54. The van der Waals surface area contributed by atoms with Gasteiger partial charge in [0.15, 0.2) is 0 Å². The number of likely N-dealkylation sites (tertiary alicyclic amines) is 1. The Labute approximate surface area is 143 Å². The number of carbonyl (C=O) groups excluding carboxylic acids is 1. The van der Waals surface area contributed by atoms with Crippen molar-refractivity contribution in [2.75, 3.05) is 20.2 Å². The minimum absolute atomic E-state index is 0.127. The maximum atomic E-state index is 12.9. The third kappa shape index (κ3) is 4.49. The third-order valence-corrected chi connectivity index (χ3v) is 4.77.